The van der Waals surface area contributed by atoms with Crippen LogP contribution in [0.4, 0.5) is 0 Å². The molecule has 1 aromatic carbocycles. The number of ketones is 2. The summed E-state index contributed by atoms with van der Waals surface area (Å²) in [7, 11) is -4.51. The molecule has 5 nitrogen and oxygen atoms in total. The summed E-state index contributed by atoms with van der Waals surface area (Å²) in [4.78, 5) is 22.1. The quantitative estimate of drug-likeness (QED) is 0.575. The average molecular weight is 238 g/mol. The zero-order valence-corrected chi connectivity index (χ0v) is 8.69. The molecule has 1 aliphatic carbocycles. The minimum Gasteiger partial charge on any atom is -0.286 e. The number of carbonyl (C=O) groups is 2. The Bertz CT molecular complexity index is 625. The molecule has 0 saturated heterocycles. The second-order valence-corrected chi connectivity index (χ2v) is 4.61. The van der Waals surface area contributed by atoms with Gasteiger partial charge in [0.05, 0.1) is 5.56 Å². The van der Waals surface area contributed by atoms with Gasteiger partial charge in [-0.3, -0.25) is 14.1 Å². The van der Waals surface area contributed by atoms with Crippen LogP contribution in [0.25, 0.3) is 6.08 Å². The predicted molar refractivity (Wildman–Crippen MR) is 54.6 cm³/mol. The van der Waals surface area contributed by atoms with Crippen molar-refractivity contribution in [2.24, 2.45) is 0 Å². The molecule has 2 rings (SSSR count). The van der Waals surface area contributed by atoms with Crippen molar-refractivity contribution in [3.8, 4) is 0 Å². The number of Topliss-reactive ketones (excluding diaryl/α,β-unsaturated/α-hetero) is 1. The molecule has 0 atom stereocenters. The van der Waals surface area contributed by atoms with Gasteiger partial charge in [0.2, 0.25) is 11.6 Å². The summed E-state index contributed by atoms with van der Waals surface area (Å²) in [5.41, 5.74) is 0.0391. The molecule has 82 valence electrons. The smallest absolute Gasteiger partial charge is 0.286 e. The number of hydrogen-bond acceptors (Lipinski definition) is 4. The molecular weight excluding hydrogens is 232 g/mol. The van der Waals surface area contributed by atoms with E-state index in [0.717, 1.165) is 12.1 Å². The summed E-state index contributed by atoms with van der Waals surface area (Å²) in [5.74, 6) is -1.73. The first-order valence-corrected chi connectivity index (χ1v) is 5.72. The van der Waals surface area contributed by atoms with Crippen LogP contribution in [-0.4, -0.2) is 24.5 Å². The van der Waals surface area contributed by atoms with E-state index < -0.39 is 26.6 Å². The maximum absolute atomic E-state index is 11.5. The Labute approximate surface area is 91.1 Å². The van der Waals surface area contributed by atoms with Crippen LogP contribution in [0.1, 0.15) is 15.9 Å². The predicted octanol–water partition coefficient (Wildman–Crippen LogP) is 0.712. The normalized spacial score (nSPS) is 15.1. The van der Waals surface area contributed by atoms with E-state index in [1.165, 1.54) is 18.2 Å². The molecular formula is C10H6O5S. The van der Waals surface area contributed by atoms with Crippen LogP contribution in [0.5, 0.6) is 0 Å². The zero-order valence-electron chi connectivity index (χ0n) is 7.88. The van der Waals surface area contributed by atoms with Crippen LogP contribution in [0.15, 0.2) is 29.2 Å². The molecule has 0 saturated carbocycles. The van der Waals surface area contributed by atoms with Gasteiger partial charge in [-0.05, 0) is 17.7 Å². The molecule has 0 unspecified atom stereocenters. The lowest BCUT2D eigenvalue weighted by Gasteiger charge is -2.11. The number of carbonyl (C=O) groups excluding carboxylic acids is 2. The van der Waals surface area contributed by atoms with Gasteiger partial charge in [-0.2, -0.15) is 8.42 Å². The van der Waals surface area contributed by atoms with E-state index >= 15 is 0 Å². The zero-order chi connectivity index (χ0) is 11.9. The maximum Gasteiger partial charge on any atom is 0.295 e. The Balaban J connectivity index is 2.84. The largest absolute Gasteiger partial charge is 0.295 e. The van der Waals surface area contributed by atoms with Crippen molar-refractivity contribution in [3.05, 3.63) is 35.4 Å². The van der Waals surface area contributed by atoms with E-state index in [1.807, 2.05) is 0 Å². The first kappa shape index (κ1) is 10.7. The van der Waals surface area contributed by atoms with Gasteiger partial charge in [-0.1, -0.05) is 18.2 Å². The monoisotopic (exact) mass is 238 g/mol. The summed E-state index contributed by atoms with van der Waals surface area (Å²) < 4.78 is 31.0. The average Bonchev–Trinajstić information content (AvgIpc) is 2.21. The van der Waals surface area contributed by atoms with Crippen molar-refractivity contribution < 1.29 is 22.6 Å². The van der Waals surface area contributed by atoms with Gasteiger partial charge < -0.3 is 0 Å². The highest BCUT2D eigenvalue weighted by molar-refractivity contribution is 7.86. The van der Waals surface area contributed by atoms with E-state index in [2.05, 4.69) is 0 Å². The van der Waals surface area contributed by atoms with Crippen molar-refractivity contribution in [1.29, 1.82) is 0 Å². The van der Waals surface area contributed by atoms with Crippen LogP contribution in [0, 0.1) is 0 Å². The van der Waals surface area contributed by atoms with Crippen molar-refractivity contribution >= 4 is 27.8 Å². The van der Waals surface area contributed by atoms with Gasteiger partial charge in [0.15, 0.2) is 0 Å². The first-order chi connectivity index (χ1) is 7.41. The number of hydrogen-bond donors (Lipinski definition) is 1. The maximum atomic E-state index is 11.5. The molecule has 0 aromatic heterocycles. The molecule has 0 aliphatic heterocycles. The van der Waals surface area contributed by atoms with Gasteiger partial charge >= 0.3 is 0 Å². The van der Waals surface area contributed by atoms with Crippen LogP contribution in [0.3, 0.4) is 0 Å². The lowest BCUT2D eigenvalue weighted by Crippen LogP contribution is -2.20. The third kappa shape index (κ3) is 1.58. The second kappa shape index (κ2) is 3.36. The minimum absolute atomic E-state index is 0.266. The van der Waals surface area contributed by atoms with E-state index in [1.54, 1.807) is 0 Å². The Kier molecular flexibility index (Phi) is 2.25. The third-order valence-electron chi connectivity index (χ3n) is 2.20. The lowest BCUT2D eigenvalue weighted by molar-refractivity contribution is -0.110. The van der Waals surface area contributed by atoms with Gasteiger partial charge in [0.25, 0.3) is 10.1 Å². The van der Waals surface area contributed by atoms with E-state index in [0.29, 0.717) is 5.56 Å². The molecule has 16 heavy (non-hydrogen) atoms. The number of benzene rings is 1. The van der Waals surface area contributed by atoms with Crippen LogP contribution >= 0.6 is 0 Å². The summed E-state index contributed by atoms with van der Waals surface area (Å²) >= 11 is 0. The number of allylic oxidation sites excluding steroid dienone is 1. The van der Waals surface area contributed by atoms with Gasteiger partial charge in [0.1, 0.15) is 4.90 Å². The van der Waals surface area contributed by atoms with Gasteiger partial charge in [-0.25, -0.2) is 0 Å². The molecule has 0 fully saturated rings. The van der Waals surface area contributed by atoms with Crippen molar-refractivity contribution in [2.75, 3.05) is 0 Å². The van der Waals surface area contributed by atoms with Crippen molar-refractivity contribution in [1.82, 2.24) is 0 Å². The lowest BCUT2D eigenvalue weighted by atomic mass is 9.95. The Hall–Kier alpha value is -1.79. The highest BCUT2D eigenvalue weighted by Crippen LogP contribution is 2.24. The van der Waals surface area contributed by atoms with E-state index in [-0.39, 0.29) is 5.56 Å². The SMILES string of the molecule is O=C1C=Cc2cccc(S(=O)(=O)O)c2C1=O. The molecule has 0 spiro atoms. The second-order valence-electron chi connectivity index (χ2n) is 3.22. The van der Waals surface area contributed by atoms with Crippen LogP contribution < -0.4 is 0 Å². The third-order valence-corrected chi connectivity index (χ3v) is 3.10. The molecule has 0 heterocycles. The van der Waals surface area contributed by atoms with Crippen LogP contribution in [-0.2, 0) is 14.9 Å². The first-order valence-electron chi connectivity index (χ1n) is 4.28. The highest BCUT2D eigenvalue weighted by Gasteiger charge is 2.28. The number of fused-ring (bicyclic) bond motifs is 1. The van der Waals surface area contributed by atoms with Gasteiger partial charge in [-0.15, -0.1) is 0 Å². The summed E-state index contributed by atoms with van der Waals surface area (Å²) in [6.07, 6.45) is 2.41. The molecule has 0 bridgehead atoms. The van der Waals surface area contributed by atoms with Crippen molar-refractivity contribution in [3.63, 3.8) is 0 Å². The minimum atomic E-state index is -4.51. The fourth-order valence-corrected chi connectivity index (χ4v) is 2.23. The molecule has 1 aliphatic rings. The molecule has 1 N–H and O–H groups in total. The standard InChI is InChI=1S/C10H6O5S/c11-7-5-4-6-2-1-3-8(16(13,14)15)9(6)10(7)12/h1-5H,(H,13,14,15). The Morgan fingerprint density at radius 2 is 1.75 bits per heavy atom. The summed E-state index contributed by atoms with van der Waals surface area (Å²) in [5, 5.41) is 0. The topological polar surface area (TPSA) is 88.5 Å². The van der Waals surface area contributed by atoms with E-state index in [9.17, 15) is 18.0 Å². The summed E-state index contributed by atoms with van der Waals surface area (Å²) in [6, 6.07) is 3.96. The van der Waals surface area contributed by atoms with E-state index in [4.69, 9.17) is 4.55 Å². The van der Waals surface area contributed by atoms with Crippen LogP contribution in [0.2, 0.25) is 0 Å². The molecule has 0 radical (unpaired) electrons. The summed E-state index contributed by atoms with van der Waals surface area (Å²) in [6.45, 7) is 0. The molecule has 0 amide bonds. The highest BCUT2D eigenvalue weighted by atomic mass is 32.2. The van der Waals surface area contributed by atoms with Gasteiger partial charge in [0, 0.05) is 0 Å². The Morgan fingerprint density at radius 1 is 1.06 bits per heavy atom. The number of rotatable bonds is 1. The molecule has 1 aromatic rings. The Morgan fingerprint density at radius 3 is 2.38 bits per heavy atom. The molecule has 6 heteroatoms. The fourth-order valence-electron chi connectivity index (χ4n) is 1.51. The fraction of sp³-hybridized carbons (Fsp3) is 0. The van der Waals surface area contributed by atoms with Crippen molar-refractivity contribution in [2.45, 2.75) is 4.90 Å².